The van der Waals surface area contributed by atoms with Crippen molar-refractivity contribution in [2.75, 3.05) is 5.32 Å². The molecule has 122 valence electrons. The summed E-state index contributed by atoms with van der Waals surface area (Å²) in [6.07, 6.45) is 3.42. The standard InChI is InChI=1S/C18H22ClN3O/c1-11(2)10-22-17(19)16(12(3)21-22)18(23)20-15-8-7-13-5-4-6-14(13)9-15/h7-9,11H,4-6,10H2,1-3H3,(H,20,23). The molecule has 0 fully saturated rings. The molecule has 1 aromatic heterocycles. The van der Waals surface area contributed by atoms with Crippen LogP contribution in [0.3, 0.4) is 0 Å². The van der Waals surface area contributed by atoms with Crippen LogP contribution in [-0.2, 0) is 19.4 Å². The van der Waals surface area contributed by atoms with E-state index in [2.05, 4.69) is 36.4 Å². The topological polar surface area (TPSA) is 46.9 Å². The highest BCUT2D eigenvalue weighted by molar-refractivity contribution is 6.33. The average molecular weight is 332 g/mol. The Kier molecular flexibility index (Phi) is 4.44. The smallest absolute Gasteiger partial charge is 0.260 e. The largest absolute Gasteiger partial charge is 0.322 e. The molecule has 4 nitrogen and oxygen atoms in total. The van der Waals surface area contributed by atoms with E-state index < -0.39 is 0 Å². The first-order valence-electron chi connectivity index (χ1n) is 8.11. The number of rotatable bonds is 4. The third kappa shape index (κ3) is 3.27. The molecule has 0 unspecified atom stereocenters. The van der Waals surface area contributed by atoms with Gasteiger partial charge in [-0.25, -0.2) is 0 Å². The van der Waals surface area contributed by atoms with Crippen LogP contribution in [0.15, 0.2) is 18.2 Å². The summed E-state index contributed by atoms with van der Waals surface area (Å²) >= 11 is 6.37. The van der Waals surface area contributed by atoms with Crippen LogP contribution in [0, 0.1) is 12.8 Å². The monoisotopic (exact) mass is 331 g/mol. The van der Waals surface area contributed by atoms with Crippen LogP contribution >= 0.6 is 11.6 Å². The Bertz CT molecular complexity index is 749. The molecule has 0 aliphatic heterocycles. The lowest BCUT2D eigenvalue weighted by Gasteiger charge is -2.08. The van der Waals surface area contributed by atoms with Crippen molar-refractivity contribution in [3.63, 3.8) is 0 Å². The summed E-state index contributed by atoms with van der Waals surface area (Å²) in [5.41, 5.74) is 4.67. The zero-order valence-corrected chi connectivity index (χ0v) is 14.6. The zero-order chi connectivity index (χ0) is 16.6. The predicted octanol–water partition coefficient (Wildman–Crippen LogP) is 4.24. The van der Waals surface area contributed by atoms with Crippen LogP contribution < -0.4 is 5.32 Å². The number of aromatic nitrogens is 2. The molecule has 1 aromatic carbocycles. The average Bonchev–Trinajstić information content (AvgIpc) is 3.03. The van der Waals surface area contributed by atoms with Crippen molar-refractivity contribution in [3.05, 3.63) is 45.7 Å². The number of nitrogens with zero attached hydrogens (tertiary/aromatic N) is 2. The Labute approximate surface area is 141 Å². The summed E-state index contributed by atoms with van der Waals surface area (Å²) < 4.78 is 1.71. The minimum Gasteiger partial charge on any atom is -0.322 e. The first-order valence-corrected chi connectivity index (χ1v) is 8.49. The summed E-state index contributed by atoms with van der Waals surface area (Å²) in [4.78, 5) is 12.6. The van der Waals surface area contributed by atoms with Gasteiger partial charge in [-0.2, -0.15) is 5.10 Å². The fourth-order valence-corrected chi connectivity index (χ4v) is 3.45. The van der Waals surface area contributed by atoms with Crippen LogP contribution in [-0.4, -0.2) is 15.7 Å². The van der Waals surface area contributed by atoms with Crippen LogP contribution in [0.25, 0.3) is 0 Å². The van der Waals surface area contributed by atoms with E-state index in [4.69, 9.17) is 11.6 Å². The number of carbonyl (C=O) groups excluding carboxylic acids is 1. The normalized spacial score (nSPS) is 13.4. The first-order chi connectivity index (χ1) is 11.0. The maximum atomic E-state index is 12.6. The van der Waals surface area contributed by atoms with Gasteiger partial charge in [-0.15, -0.1) is 0 Å². The number of benzene rings is 1. The fraction of sp³-hybridized carbons (Fsp3) is 0.444. The Hall–Kier alpha value is -1.81. The molecule has 0 atom stereocenters. The second-order valence-corrected chi connectivity index (χ2v) is 6.98. The number of fused-ring (bicyclic) bond motifs is 1. The molecule has 3 rings (SSSR count). The van der Waals surface area contributed by atoms with E-state index >= 15 is 0 Å². The first kappa shape index (κ1) is 16.1. The van der Waals surface area contributed by atoms with Crippen molar-refractivity contribution in [2.45, 2.75) is 46.6 Å². The van der Waals surface area contributed by atoms with E-state index in [0.29, 0.717) is 28.9 Å². The van der Waals surface area contributed by atoms with Gasteiger partial charge in [0.1, 0.15) is 5.15 Å². The minimum atomic E-state index is -0.194. The van der Waals surface area contributed by atoms with Crippen LogP contribution in [0.4, 0.5) is 5.69 Å². The molecule has 1 heterocycles. The van der Waals surface area contributed by atoms with Gasteiger partial charge in [0.05, 0.1) is 11.3 Å². The van der Waals surface area contributed by atoms with E-state index in [1.54, 1.807) is 4.68 Å². The second kappa shape index (κ2) is 6.36. The Morgan fingerprint density at radius 3 is 2.83 bits per heavy atom. The Morgan fingerprint density at radius 2 is 2.09 bits per heavy atom. The van der Waals surface area contributed by atoms with Gasteiger partial charge in [-0.3, -0.25) is 9.48 Å². The summed E-state index contributed by atoms with van der Waals surface area (Å²) in [6, 6.07) is 6.14. The maximum Gasteiger partial charge on any atom is 0.260 e. The molecule has 1 amide bonds. The number of hydrogen-bond donors (Lipinski definition) is 1. The molecule has 2 aromatic rings. The van der Waals surface area contributed by atoms with Gasteiger partial charge in [0.15, 0.2) is 0 Å². The van der Waals surface area contributed by atoms with Crippen molar-refractivity contribution >= 4 is 23.2 Å². The molecule has 1 aliphatic rings. The maximum absolute atomic E-state index is 12.6. The highest BCUT2D eigenvalue weighted by Gasteiger charge is 2.21. The second-order valence-electron chi connectivity index (χ2n) is 6.62. The number of amides is 1. The molecule has 1 aliphatic carbocycles. The van der Waals surface area contributed by atoms with Gasteiger partial charge >= 0.3 is 0 Å². The van der Waals surface area contributed by atoms with Gasteiger partial charge in [-0.1, -0.05) is 31.5 Å². The zero-order valence-electron chi connectivity index (χ0n) is 13.8. The van der Waals surface area contributed by atoms with E-state index in [1.165, 1.54) is 17.5 Å². The van der Waals surface area contributed by atoms with Crippen LogP contribution in [0.1, 0.15) is 47.4 Å². The van der Waals surface area contributed by atoms with E-state index in [1.807, 2.05) is 13.0 Å². The summed E-state index contributed by atoms with van der Waals surface area (Å²) in [5.74, 6) is 0.222. The third-order valence-electron chi connectivity index (χ3n) is 4.19. The predicted molar refractivity (Wildman–Crippen MR) is 93.2 cm³/mol. The molecule has 0 bridgehead atoms. The van der Waals surface area contributed by atoms with E-state index in [0.717, 1.165) is 18.5 Å². The van der Waals surface area contributed by atoms with E-state index in [-0.39, 0.29) is 5.91 Å². The van der Waals surface area contributed by atoms with Gasteiger partial charge in [0, 0.05) is 12.2 Å². The molecule has 23 heavy (non-hydrogen) atoms. The van der Waals surface area contributed by atoms with Crippen molar-refractivity contribution in [1.29, 1.82) is 0 Å². The number of hydrogen-bond acceptors (Lipinski definition) is 2. The lowest BCUT2D eigenvalue weighted by Crippen LogP contribution is -2.13. The number of nitrogens with one attached hydrogen (secondary N) is 1. The molecule has 0 saturated heterocycles. The summed E-state index contributed by atoms with van der Waals surface area (Å²) in [6.45, 7) is 6.71. The molecule has 0 saturated carbocycles. The van der Waals surface area contributed by atoms with Crippen molar-refractivity contribution in [2.24, 2.45) is 5.92 Å². The number of halogens is 1. The van der Waals surface area contributed by atoms with Crippen LogP contribution in [0.2, 0.25) is 5.15 Å². The molecule has 1 N–H and O–H groups in total. The Morgan fingerprint density at radius 1 is 1.35 bits per heavy atom. The quantitative estimate of drug-likeness (QED) is 0.910. The summed E-state index contributed by atoms with van der Waals surface area (Å²) in [7, 11) is 0. The molecule has 0 radical (unpaired) electrons. The molecular weight excluding hydrogens is 310 g/mol. The lowest BCUT2D eigenvalue weighted by molar-refractivity contribution is 0.102. The van der Waals surface area contributed by atoms with E-state index in [9.17, 15) is 4.79 Å². The van der Waals surface area contributed by atoms with Gasteiger partial charge in [0.2, 0.25) is 0 Å². The van der Waals surface area contributed by atoms with Gasteiger partial charge in [0.25, 0.3) is 5.91 Å². The van der Waals surface area contributed by atoms with Gasteiger partial charge in [-0.05, 0) is 55.4 Å². The number of aryl methyl sites for hydroxylation is 3. The van der Waals surface area contributed by atoms with Gasteiger partial charge < -0.3 is 5.32 Å². The molecule has 5 heteroatoms. The lowest BCUT2D eigenvalue weighted by atomic mass is 10.1. The highest BCUT2D eigenvalue weighted by Crippen LogP contribution is 2.26. The Balaban J connectivity index is 1.82. The van der Waals surface area contributed by atoms with Crippen LogP contribution in [0.5, 0.6) is 0 Å². The summed E-state index contributed by atoms with van der Waals surface area (Å²) in [5, 5.41) is 7.77. The van der Waals surface area contributed by atoms with Crippen molar-refractivity contribution in [1.82, 2.24) is 9.78 Å². The van der Waals surface area contributed by atoms with Crippen molar-refractivity contribution < 1.29 is 4.79 Å². The minimum absolute atomic E-state index is 0.194. The van der Waals surface area contributed by atoms with Crippen molar-refractivity contribution in [3.8, 4) is 0 Å². The molecular formula is C18H22ClN3O. The fourth-order valence-electron chi connectivity index (χ4n) is 3.12. The highest BCUT2D eigenvalue weighted by atomic mass is 35.5. The third-order valence-corrected chi connectivity index (χ3v) is 4.57. The number of anilines is 1. The SMILES string of the molecule is Cc1nn(CC(C)C)c(Cl)c1C(=O)Nc1ccc2c(c1)CCC2. The molecule has 0 spiro atoms. The number of carbonyl (C=O) groups is 1.